The second-order valence-electron chi connectivity index (χ2n) is 8.21. The molecular formula is C21H28N4O. The maximum absolute atomic E-state index is 12.6. The molecule has 0 N–H and O–H groups in total. The van der Waals surface area contributed by atoms with E-state index in [0.717, 1.165) is 52.0 Å². The average molecular weight is 352 g/mol. The van der Waals surface area contributed by atoms with Crippen molar-refractivity contribution in [3.63, 3.8) is 0 Å². The third-order valence-electron chi connectivity index (χ3n) is 5.94. The number of benzene rings is 1. The summed E-state index contributed by atoms with van der Waals surface area (Å²) < 4.78 is 1.86. The van der Waals surface area contributed by atoms with E-state index in [1.165, 1.54) is 16.7 Å². The molecule has 0 saturated carbocycles. The smallest absolute Gasteiger partial charge is 0.223 e. The highest BCUT2D eigenvalue weighted by atomic mass is 16.2. The zero-order chi connectivity index (χ0) is 18.1. The van der Waals surface area contributed by atoms with E-state index in [1.54, 1.807) is 0 Å². The van der Waals surface area contributed by atoms with Gasteiger partial charge in [-0.05, 0) is 43.8 Å². The third kappa shape index (κ3) is 3.68. The summed E-state index contributed by atoms with van der Waals surface area (Å²) in [6.45, 7) is 6.88. The molecule has 5 nitrogen and oxygen atoms in total. The quantitative estimate of drug-likeness (QED) is 0.850. The molecule has 4 rings (SSSR count). The van der Waals surface area contributed by atoms with Gasteiger partial charge in [0.05, 0.1) is 6.20 Å². The van der Waals surface area contributed by atoms with Gasteiger partial charge in [0.25, 0.3) is 0 Å². The molecule has 1 amide bonds. The first-order valence-electron chi connectivity index (χ1n) is 9.55. The number of likely N-dealkylation sites (tertiary alicyclic amines) is 2. The molecule has 5 heteroatoms. The highest BCUT2D eigenvalue weighted by molar-refractivity contribution is 5.79. The van der Waals surface area contributed by atoms with Crippen molar-refractivity contribution in [2.45, 2.75) is 39.3 Å². The van der Waals surface area contributed by atoms with Crippen LogP contribution in [0.1, 0.15) is 36.0 Å². The Morgan fingerprint density at radius 3 is 2.65 bits per heavy atom. The summed E-state index contributed by atoms with van der Waals surface area (Å²) >= 11 is 0. The van der Waals surface area contributed by atoms with E-state index in [0.29, 0.717) is 5.91 Å². The summed E-state index contributed by atoms with van der Waals surface area (Å²) in [5.41, 5.74) is 3.95. The largest absolute Gasteiger partial charge is 0.338 e. The van der Waals surface area contributed by atoms with Crippen molar-refractivity contribution in [3.05, 3.63) is 53.3 Å². The summed E-state index contributed by atoms with van der Waals surface area (Å²) in [6, 6.07) is 8.50. The van der Waals surface area contributed by atoms with Gasteiger partial charge in [-0.3, -0.25) is 14.4 Å². The minimum Gasteiger partial charge on any atom is -0.338 e. The van der Waals surface area contributed by atoms with E-state index < -0.39 is 0 Å². The second-order valence-corrected chi connectivity index (χ2v) is 8.21. The zero-order valence-electron chi connectivity index (χ0n) is 15.8. The lowest BCUT2D eigenvalue weighted by molar-refractivity contribution is -0.128. The Balaban J connectivity index is 1.35. The number of aromatic nitrogens is 2. The molecular weight excluding hydrogens is 324 g/mol. The first-order chi connectivity index (χ1) is 12.5. The number of hydrogen-bond acceptors (Lipinski definition) is 3. The molecule has 26 heavy (non-hydrogen) atoms. The van der Waals surface area contributed by atoms with E-state index in [9.17, 15) is 4.79 Å². The number of carbonyl (C=O) groups is 1. The van der Waals surface area contributed by atoms with Gasteiger partial charge in [0, 0.05) is 44.9 Å². The monoisotopic (exact) mass is 352 g/mol. The van der Waals surface area contributed by atoms with Gasteiger partial charge in [0.2, 0.25) is 5.91 Å². The van der Waals surface area contributed by atoms with E-state index in [2.05, 4.69) is 52.3 Å². The van der Waals surface area contributed by atoms with Crippen LogP contribution in [0, 0.1) is 12.3 Å². The van der Waals surface area contributed by atoms with Gasteiger partial charge >= 0.3 is 0 Å². The minimum absolute atomic E-state index is 0.187. The number of rotatable bonds is 4. The van der Waals surface area contributed by atoms with E-state index in [1.807, 2.05) is 17.9 Å². The van der Waals surface area contributed by atoms with Crippen LogP contribution in [0.4, 0.5) is 0 Å². The molecule has 0 atom stereocenters. The Bertz CT molecular complexity index is 789. The highest BCUT2D eigenvalue weighted by Crippen LogP contribution is 2.41. The first-order valence-corrected chi connectivity index (χ1v) is 9.55. The number of amides is 1. The van der Waals surface area contributed by atoms with Gasteiger partial charge in [0.15, 0.2) is 0 Å². The highest BCUT2D eigenvalue weighted by Gasteiger charge is 2.44. The lowest BCUT2D eigenvalue weighted by Gasteiger charge is -2.38. The average Bonchev–Trinajstić information content (AvgIpc) is 3.14. The molecule has 3 heterocycles. The van der Waals surface area contributed by atoms with Crippen molar-refractivity contribution < 1.29 is 4.79 Å². The Morgan fingerprint density at radius 2 is 1.96 bits per heavy atom. The number of carbonyl (C=O) groups excluding carboxylic acids is 1. The Labute approximate surface area is 155 Å². The number of hydrogen-bond donors (Lipinski definition) is 0. The molecule has 2 aromatic rings. The van der Waals surface area contributed by atoms with Crippen LogP contribution < -0.4 is 0 Å². The number of piperidine rings is 1. The third-order valence-corrected chi connectivity index (χ3v) is 5.94. The topological polar surface area (TPSA) is 41.4 Å². The summed E-state index contributed by atoms with van der Waals surface area (Å²) in [4.78, 5) is 17.2. The molecule has 0 radical (unpaired) electrons. The summed E-state index contributed by atoms with van der Waals surface area (Å²) in [6.07, 6.45) is 6.99. The predicted molar refractivity (Wildman–Crippen MR) is 101 cm³/mol. The Hall–Kier alpha value is -2.14. The molecule has 0 unspecified atom stereocenters. The van der Waals surface area contributed by atoms with Crippen molar-refractivity contribution in [2.75, 3.05) is 19.6 Å². The van der Waals surface area contributed by atoms with Gasteiger partial charge in [-0.2, -0.15) is 5.10 Å². The zero-order valence-corrected chi connectivity index (χ0v) is 15.8. The van der Waals surface area contributed by atoms with Crippen LogP contribution in [0.15, 0.2) is 36.7 Å². The minimum atomic E-state index is 0.187. The SMILES string of the molecule is Cc1cccc(CN2CC3(CCN(Cc4cnn(C)c4)CC3)CC2=O)c1. The van der Waals surface area contributed by atoms with Gasteiger partial charge in [-0.15, -0.1) is 0 Å². The van der Waals surface area contributed by atoms with Gasteiger partial charge in [0.1, 0.15) is 0 Å². The molecule has 2 fully saturated rings. The first kappa shape index (κ1) is 17.3. The lowest BCUT2D eigenvalue weighted by Crippen LogP contribution is -2.41. The van der Waals surface area contributed by atoms with Crippen LogP contribution in [-0.2, 0) is 24.9 Å². The van der Waals surface area contributed by atoms with Crippen molar-refractivity contribution in [1.82, 2.24) is 19.6 Å². The molecule has 2 aliphatic rings. The molecule has 0 bridgehead atoms. The van der Waals surface area contributed by atoms with Gasteiger partial charge < -0.3 is 4.90 Å². The van der Waals surface area contributed by atoms with Crippen LogP contribution in [-0.4, -0.2) is 45.1 Å². The fourth-order valence-corrected chi connectivity index (χ4v) is 4.49. The molecule has 1 aromatic heterocycles. The lowest BCUT2D eigenvalue weighted by atomic mass is 9.77. The van der Waals surface area contributed by atoms with Crippen LogP contribution in [0.2, 0.25) is 0 Å². The summed E-state index contributed by atoms with van der Waals surface area (Å²) in [5.74, 6) is 0.326. The van der Waals surface area contributed by atoms with Crippen molar-refractivity contribution in [3.8, 4) is 0 Å². The maximum Gasteiger partial charge on any atom is 0.223 e. The Morgan fingerprint density at radius 1 is 1.15 bits per heavy atom. The second kappa shape index (κ2) is 6.88. The van der Waals surface area contributed by atoms with Crippen molar-refractivity contribution in [2.24, 2.45) is 12.5 Å². The van der Waals surface area contributed by atoms with Crippen molar-refractivity contribution in [1.29, 1.82) is 0 Å². The van der Waals surface area contributed by atoms with Crippen LogP contribution >= 0.6 is 0 Å². The van der Waals surface area contributed by atoms with Crippen LogP contribution in [0.5, 0.6) is 0 Å². The van der Waals surface area contributed by atoms with Crippen molar-refractivity contribution >= 4 is 5.91 Å². The summed E-state index contributed by atoms with van der Waals surface area (Å²) in [7, 11) is 1.96. The molecule has 2 saturated heterocycles. The van der Waals surface area contributed by atoms with Gasteiger partial charge in [-0.1, -0.05) is 29.8 Å². The van der Waals surface area contributed by atoms with Gasteiger partial charge in [-0.25, -0.2) is 0 Å². The van der Waals surface area contributed by atoms with E-state index in [-0.39, 0.29) is 5.41 Å². The standard InChI is InChI=1S/C21H28N4O/c1-17-4-3-5-18(10-17)15-25-16-21(11-20(25)26)6-8-24(9-7-21)14-19-12-22-23(2)13-19/h3-5,10,12-13H,6-9,11,14-16H2,1-2H3. The number of nitrogens with zero attached hydrogens (tertiary/aromatic N) is 4. The molecule has 1 aromatic carbocycles. The Kier molecular flexibility index (Phi) is 4.57. The van der Waals surface area contributed by atoms with E-state index >= 15 is 0 Å². The summed E-state index contributed by atoms with van der Waals surface area (Å²) in [5, 5.41) is 4.26. The molecule has 1 spiro atoms. The molecule has 138 valence electrons. The normalized spacial score (nSPS) is 20.2. The fraction of sp³-hybridized carbons (Fsp3) is 0.524. The van der Waals surface area contributed by atoms with Crippen LogP contribution in [0.3, 0.4) is 0 Å². The molecule has 2 aliphatic heterocycles. The number of aryl methyl sites for hydroxylation is 2. The predicted octanol–water partition coefficient (Wildman–Crippen LogP) is 2.74. The van der Waals surface area contributed by atoms with E-state index in [4.69, 9.17) is 0 Å². The molecule has 0 aliphatic carbocycles. The maximum atomic E-state index is 12.6. The van der Waals surface area contributed by atoms with Crippen LogP contribution in [0.25, 0.3) is 0 Å². The fourth-order valence-electron chi connectivity index (χ4n) is 4.49.